The third kappa shape index (κ3) is 4.24. The number of amides is 1. The van der Waals surface area contributed by atoms with E-state index in [9.17, 15) is 4.79 Å². The van der Waals surface area contributed by atoms with Crippen LogP contribution in [0.4, 0.5) is 0 Å². The van der Waals surface area contributed by atoms with Gasteiger partial charge in [0.25, 0.3) is 0 Å². The lowest BCUT2D eigenvalue weighted by Crippen LogP contribution is -2.41. The summed E-state index contributed by atoms with van der Waals surface area (Å²) in [6, 6.07) is 0. The number of likely N-dealkylation sites (N-methyl/N-ethyl adjacent to an activating group) is 1. The van der Waals surface area contributed by atoms with E-state index in [2.05, 4.69) is 5.16 Å². The molecule has 1 aliphatic rings. The Balaban J connectivity index is 2.57. The van der Waals surface area contributed by atoms with E-state index in [0.717, 1.165) is 25.7 Å². The van der Waals surface area contributed by atoms with Crippen LogP contribution in [-0.2, 0) is 4.79 Å². The van der Waals surface area contributed by atoms with Crippen molar-refractivity contribution in [3.63, 3.8) is 0 Å². The van der Waals surface area contributed by atoms with Crippen molar-refractivity contribution >= 4 is 11.7 Å². The van der Waals surface area contributed by atoms with Crippen LogP contribution < -0.4 is 5.73 Å². The van der Waals surface area contributed by atoms with Gasteiger partial charge in [0.1, 0.15) is 0 Å². The normalized spacial score (nSPS) is 18.8. The van der Waals surface area contributed by atoms with Crippen molar-refractivity contribution in [3.05, 3.63) is 0 Å². The maximum absolute atomic E-state index is 12.3. The van der Waals surface area contributed by atoms with Crippen molar-refractivity contribution < 1.29 is 10.0 Å². The molecule has 5 heteroatoms. The van der Waals surface area contributed by atoms with Gasteiger partial charge in [-0.25, -0.2) is 0 Å². The van der Waals surface area contributed by atoms with Crippen LogP contribution in [0.1, 0.15) is 45.4 Å². The van der Waals surface area contributed by atoms with E-state index in [4.69, 9.17) is 10.9 Å². The van der Waals surface area contributed by atoms with Crippen LogP contribution >= 0.6 is 0 Å². The Bertz CT molecular complexity index is 271. The Kier molecular flexibility index (Phi) is 5.80. The number of nitrogens with two attached hydrogens (primary N) is 1. The van der Waals surface area contributed by atoms with Crippen LogP contribution in [0, 0.1) is 5.92 Å². The van der Waals surface area contributed by atoms with E-state index in [0.29, 0.717) is 6.54 Å². The van der Waals surface area contributed by atoms with Crippen LogP contribution in [0.25, 0.3) is 0 Å². The van der Waals surface area contributed by atoms with Gasteiger partial charge < -0.3 is 15.8 Å². The molecule has 0 atom stereocenters. The average Bonchev–Trinajstić information content (AvgIpc) is 2.63. The molecule has 0 aliphatic heterocycles. The molecule has 0 aromatic carbocycles. The Morgan fingerprint density at radius 3 is 2.41 bits per heavy atom. The summed E-state index contributed by atoms with van der Waals surface area (Å²) in [5, 5.41) is 11.5. The highest BCUT2D eigenvalue weighted by atomic mass is 16.4. The minimum atomic E-state index is 0.0915. The monoisotopic (exact) mass is 241 g/mol. The van der Waals surface area contributed by atoms with Gasteiger partial charge in [0.2, 0.25) is 5.91 Å². The standard InChI is InChI=1S/C12H23N3O2/c1-2-15(9-11(13)14-17)12(16)10-7-5-3-4-6-8-10/h10,17H,2-9H2,1H3,(H2,13,14). The van der Waals surface area contributed by atoms with E-state index < -0.39 is 0 Å². The number of hydrogen-bond acceptors (Lipinski definition) is 3. The van der Waals surface area contributed by atoms with Gasteiger partial charge >= 0.3 is 0 Å². The molecule has 0 spiro atoms. The Labute approximate surface area is 103 Å². The summed E-state index contributed by atoms with van der Waals surface area (Å²) >= 11 is 0. The summed E-state index contributed by atoms with van der Waals surface area (Å²) in [5.41, 5.74) is 5.45. The van der Waals surface area contributed by atoms with Crippen molar-refractivity contribution in [2.24, 2.45) is 16.8 Å². The molecule has 1 saturated carbocycles. The Morgan fingerprint density at radius 1 is 1.35 bits per heavy atom. The van der Waals surface area contributed by atoms with E-state index in [1.165, 1.54) is 12.8 Å². The molecule has 0 aromatic heterocycles. The zero-order valence-electron chi connectivity index (χ0n) is 10.6. The molecule has 98 valence electrons. The number of rotatable bonds is 4. The number of nitrogens with zero attached hydrogens (tertiary/aromatic N) is 2. The van der Waals surface area contributed by atoms with Crippen LogP contribution in [0.15, 0.2) is 5.16 Å². The lowest BCUT2D eigenvalue weighted by molar-refractivity contribution is -0.135. The molecule has 17 heavy (non-hydrogen) atoms. The molecule has 0 saturated heterocycles. The second kappa shape index (κ2) is 7.14. The summed E-state index contributed by atoms with van der Waals surface area (Å²) in [7, 11) is 0. The Morgan fingerprint density at radius 2 is 1.94 bits per heavy atom. The lowest BCUT2D eigenvalue weighted by atomic mass is 9.98. The van der Waals surface area contributed by atoms with E-state index in [1.807, 2.05) is 6.92 Å². The molecule has 1 rings (SSSR count). The molecule has 5 nitrogen and oxygen atoms in total. The Hall–Kier alpha value is -1.26. The van der Waals surface area contributed by atoms with Gasteiger partial charge in [-0.3, -0.25) is 4.79 Å². The molecule has 1 amide bonds. The number of carbonyl (C=O) groups excluding carboxylic acids is 1. The number of carbonyl (C=O) groups is 1. The lowest BCUT2D eigenvalue weighted by Gasteiger charge is -2.25. The molecule has 3 N–H and O–H groups in total. The molecular weight excluding hydrogens is 218 g/mol. The van der Waals surface area contributed by atoms with Crippen LogP contribution in [0.2, 0.25) is 0 Å². The largest absolute Gasteiger partial charge is 0.409 e. The minimum Gasteiger partial charge on any atom is -0.409 e. The molecule has 0 bridgehead atoms. The fourth-order valence-electron chi connectivity index (χ4n) is 2.36. The predicted molar refractivity (Wildman–Crippen MR) is 66.9 cm³/mol. The van der Waals surface area contributed by atoms with E-state index in [1.54, 1.807) is 4.90 Å². The van der Waals surface area contributed by atoms with Crippen molar-refractivity contribution in [3.8, 4) is 0 Å². The molecule has 0 unspecified atom stereocenters. The summed E-state index contributed by atoms with van der Waals surface area (Å²) < 4.78 is 0. The zero-order valence-corrected chi connectivity index (χ0v) is 10.6. The summed E-state index contributed by atoms with van der Waals surface area (Å²) in [5.74, 6) is 0.374. The van der Waals surface area contributed by atoms with Crippen molar-refractivity contribution in [2.75, 3.05) is 13.1 Å². The SMILES string of the molecule is CCN(CC(N)=NO)C(=O)C1CCCCCC1. The summed E-state index contributed by atoms with van der Waals surface area (Å²) in [4.78, 5) is 13.9. The van der Waals surface area contributed by atoms with Crippen molar-refractivity contribution in [1.82, 2.24) is 4.90 Å². The van der Waals surface area contributed by atoms with Gasteiger partial charge in [0.15, 0.2) is 5.84 Å². The van der Waals surface area contributed by atoms with Gasteiger partial charge in [0.05, 0.1) is 6.54 Å². The zero-order chi connectivity index (χ0) is 12.7. The molecule has 0 heterocycles. The molecule has 0 aromatic rings. The van der Waals surface area contributed by atoms with E-state index >= 15 is 0 Å². The first kappa shape index (κ1) is 13.8. The first-order chi connectivity index (χ1) is 8.19. The van der Waals surface area contributed by atoms with Gasteiger partial charge in [-0.2, -0.15) is 0 Å². The third-order valence-electron chi connectivity index (χ3n) is 3.38. The second-order valence-electron chi connectivity index (χ2n) is 4.63. The van der Waals surface area contributed by atoms with Gasteiger partial charge in [0, 0.05) is 12.5 Å². The maximum atomic E-state index is 12.3. The quantitative estimate of drug-likeness (QED) is 0.258. The first-order valence-electron chi connectivity index (χ1n) is 6.44. The predicted octanol–water partition coefficient (Wildman–Crippen LogP) is 1.55. The molecular formula is C12H23N3O2. The number of hydrogen-bond donors (Lipinski definition) is 2. The van der Waals surface area contributed by atoms with Crippen LogP contribution in [0.3, 0.4) is 0 Å². The highest BCUT2D eigenvalue weighted by molar-refractivity contribution is 5.87. The molecule has 1 fully saturated rings. The van der Waals surface area contributed by atoms with Crippen molar-refractivity contribution in [2.45, 2.75) is 45.4 Å². The highest BCUT2D eigenvalue weighted by Gasteiger charge is 2.24. The number of oxime groups is 1. The number of amidine groups is 1. The summed E-state index contributed by atoms with van der Waals surface area (Å²) in [6.45, 7) is 2.74. The smallest absolute Gasteiger partial charge is 0.226 e. The second-order valence-corrected chi connectivity index (χ2v) is 4.63. The van der Waals surface area contributed by atoms with Gasteiger partial charge in [-0.05, 0) is 19.8 Å². The molecule has 0 radical (unpaired) electrons. The summed E-state index contributed by atoms with van der Waals surface area (Å²) in [6.07, 6.45) is 6.69. The average molecular weight is 241 g/mol. The maximum Gasteiger partial charge on any atom is 0.226 e. The fraction of sp³-hybridized carbons (Fsp3) is 0.833. The third-order valence-corrected chi connectivity index (χ3v) is 3.38. The minimum absolute atomic E-state index is 0.0915. The first-order valence-corrected chi connectivity index (χ1v) is 6.44. The topological polar surface area (TPSA) is 78.9 Å². The van der Waals surface area contributed by atoms with Crippen LogP contribution in [-0.4, -0.2) is 34.9 Å². The molecule has 1 aliphatic carbocycles. The van der Waals surface area contributed by atoms with E-state index in [-0.39, 0.29) is 24.2 Å². The van der Waals surface area contributed by atoms with Gasteiger partial charge in [-0.15, -0.1) is 0 Å². The van der Waals surface area contributed by atoms with Crippen LogP contribution in [0.5, 0.6) is 0 Å². The van der Waals surface area contributed by atoms with Gasteiger partial charge in [-0.1, -0.05) is 30.8 Å². The fourth-order valence-corrected chi connectivity index (χ4v) is 2.36. The van der Waals surface area contributed by atoms with Crippen molar-refractivity contribution in [1.29, 1.82) is 0 Å². The highest BCUT2D eigenvalue weighted by Crippen LogP contribution is 2.24.